The van der Waals surface area contributed by atoms with E-state index in [1.165, 1.54) is 12.0 Å². The molecular weight excluding hydrogens is 606 g/mol. The van der Waals surface area contributed by atoms with Gasteiger partial charge < -0.3 is 15.0 Å². The highest BCUT2D eigenvalue weighted by molar-refractivity contribution is 9.10. The molecule has 3 aromatic rings. The van der Waals surface area contributed by atoms with Gasteiger partial charge in [0.25, 0.3) is 0 Å². The Balaban J connectivity index is 2.08. The maximum Gasteiger partial charge on any atom is 0.244 e. The predicted octanol–water partition coefficient (Wildman–Crippen LogP) is 4.94. The van der Waals surface area contributed by atoms with Crippen LogP contribution in [-0.2, 0) is 32.6 Å². The van der Waals surface area contributed by atoms with Crippen LogP contribution in [0.1, 0.15) is 30.5 Å². The van der Waals surface area contributed by atoms with E-state index in [1.807, 2.05) is 75.4 Å². The monoisotopic (exact) mass is 643 g/mol. The van der Waals surface area contributed by atoms with Gasteiger partial charge in [-0.25, -0.2) is 8.42 Å². The van der Waals surface area contributed by atoms with Crippen LogP contribution in [-0.4, -0.2) is 57.6 Å². The van der Waals surface area contributed by atoms with Crippen molar-refractivity contribution in [3.05, 3.63) is 94.0 Å². The first-order valence-electron chi connectivity index (χ1n) is 13.4. The van der Waals surface area contributed by atoms with Crippen LogP contribution in [0.5, 0.6) is 5.75 Å². The van der Waals surface area contributed by atoms with Gasteiger partial charge in [-0.2, -0.15) is 0 Å². The third-order valence-electron chi connectivity index (χ3n) is 6.50. The minimum absolute atomic E-state index is 0.112. The summed E-state index contributed by atoms with van der Waals surface area (Å²) in [7, 11) is -2.45. The second-order valence-electron chi connectivity index (χ2n) is 10.4. The molecule has 3 aromatic carbocycles. The SMILES string of the molecule is COc1ccc(C)cc1N(CC(=O)N(Cc1ccc(Br)cc1)[C@H](Cc1ccccc1)C(=O)NCC(C)C)S(C)(=O)=O. The van der Waals surface area contributed by atoms with E-state index >= 15 is 0 Å². The van der Waals surface area contributed by atoms with Crippen LogP contribution < -0.4 is 14.4 Å². The fourth-order valence-corrected chi connectivity index (χ4v) is 5.46. The number of methoxy groups -OCH3 is 1. The predicted molar refractivity (Wildman–Crippen MR) is 166 cm³/mol. The summed E-state index contributed by atoms with van der Waals surface area (Å²) in [6.07, 6.45) is 1.32. The first kappa shape index (κ1) is 32.1. The fourth-order valence-electron chi connectivity index (χ4n) is 4.35. The number of nitrogens with one attached hydrogen (secondary N) is 1. The molecule has 8 nitrogen and oxygen atoms in total. The minimum atomic E-state index is -3.90. The van der Waals surface area contributed by atoms with Gasteiger partial charge in [0.05, 0.1) is 19.1 Å². The Bertz CT molecular complexity index is 1430. The van der Waals surface area contributed by atoms with Crippen LogP contribution in [0.3, 0.4) is 0 Å². The second-order valence-corrected chi connectivity index (χ2v) is 13.3. The van der Waals surface area contributed by atoms with Gasteiger partial charge in [0, 0.05) is 24.0 Å². The van der Waals surface area contributed by atoms with E-state index in [9.17, 15) is 18.0 Å². The number of hydrogen-bond acceptors (Lipinski definition) is 5. The Morgan fingerprint density at radius 2 is 1.63 bits per heavy atom. The summed E-state index contributed by atoms with van der Waals surface area (Å²) < 4.78 is 33.5. The Hall–Kier alpha value is -3.37. The van der Waals surface area contributed by atoms with Crippen molar-refractivity contribution in [2.45, 2.75) is 39.8 Å². The summed E-state index contributed by atoms with van der Waals surface area (Å²) in [6, 6.07) is 21.2. The average Bonchev–Trinajstić information content (AvgIpc) is 2.93. The third-order valence-corrected chi connectivity index (χ3v) is 8.16. The molecule has 0 aliphatic rings. The highest BCUT2D eigenvalue weighted by atomic mass is 79.9. The largest absolute Gasteiger partial charge is 0.495 e. The van der Waals surface area contributed by atoms with E-state index < -0.39 is 28.5 Å². The van der Waals surface area contributed by atoms with E-state index in [0.717, 1.165) is 31.7 Å². The molecule has 0 aliphatic carbocycles. The van der Waals surface area contributed by atoms with Gasteiger partial charge in [-0.3, -0.25) is 13.9 Å². The molecule has 2 amide bonds. The van der Waals surface area contributed by atoms with Gasteiger partial charge in [0.15, 0.2) is 0 Å². The topological polar surface area (TPSA) is 96.0 Å². The number of sulfonamides is 1. The molecule has 0 bridgehead atoms. The summed E-state index contributed by atoms with van der Waals surface area (Å²) in [4.78, 5) is 29.3. The molecule has 220 valence electrons. The number of amides is 2. The lowest BCUT2D eigenvalue weighted by molar-refractivity contribution is -0.140. The molecular formula is C31H38BrN3O5S. The number of carbonyl (C=O) groups is 2. The molecule has 0 radical (unpaired) electrons. The molecule has 0 spiro atoms. The molecule has 10 heteroatoms. The van der Waals surface area contributed by atoms with Gasteiger partial charge in [-0.05, 0) is 53.8 Å². The number of aryl methyl sites for hydroxylation is 1. The van der Waals surface area contributed by atoms with Crippen molar-refractivity contribution in [2.75, 3.05) is 30.8 Å². The van der Waals surface area contributed by atoms with Crippen molar-refractivity contribution in [1.82, 2.24) is 10.2 Å². The van der Waals surface area contributed by atoms with Crippen LogP contribution in [0.2, 0.25) is 0 Å². The number of rotatable bonds is 13. The second kappa shape index (κ2) is 14.5. The van der Waals surface area contributed by atoms with E-state index in [1.54, 1.807) is 18.2 Å². The van der Waals surface area contributed by atoms with Crippen molar-refractivity contribution >= 4 is 43.5 Å². The number of halogens is 1. The Kier molecular flexibility index (Phi) is 11.4. The molecule has 1 atom stereocenters. The molecule has 0 aliphatic heterocycles. The van der Waals surface area contributed by atoms with Crippen LogP contribution in [0.4, 0.5) is 5.69 Å². The highest BCUT2D eigenvalue weighted by Crippen LogP contribution is 2.31. The molecule has 1 N–H and O–H groups in total. The van der Waals surface area contributed by atoms with E-state index in [4.69, 9.17) is 4.74 Å². The zero-order valence-electron chi connectivity index (χ0n) is 24.1. The van der Waals surface area contributed by atoms with Gasteiger partial charge in [0.1, 0.15) is 18.3 Å². The molecule has 0 fully saturated rings. The maximum absolute atomic E-state index is 14.2. The van der Waals surface area contributed by atoms with Crippen LogP contribution >= 0.6 is 15.9 Å². The fraction of sp³-hybridized carbons (Fsp3) is 0.355. The first-order chi connectivity index (χ1) is 19.4. The summed E-state index contributed by atoms with van der Waals surface area (Å²) in [6.45, 7) is 5.88. The molecule has 0 unspecified atom stereocenters. The summed E-state index contributed by atoms with van der Waals surface area (Å²) >= 11 is 3.44. The Labute approximate surface area is 251 Å². The van der Waals surface area contributed by atoms with Crippen molar-refractivity contribution in [3.63, 3.8) is 0 Å². The number of hydrogen-bond donors (Lipinski definition) is 1. The zero-order valence-corrected chi connectivity index (χ0v) is 26.5. The highest BCUT2D eigenvalue weighted by Gasteiger charge is 2.33. The van der Waals surface area contributed by atoms with Crippen LogP contribution in [0.15, 0.2) is 77.3 Å². The normalized spacial score (nSPS) is 12.1. The molecule has 0 saturated carbocycles. The first-order valence-corrected chi connectivity index (χ1v) is 16.0. The number of nitrogens with zero attached hydrogens (tertiary/aromatic N) is 2. The van der Waals surface area contributed by atoms with Gasteiger partial charge in [0.2, 0.25) is 21.8 Å². The summed E-state index contributed by atoms with van der Waals surface area (Å²) in [5.41, 5.74) is 2.75. The van der Waals surface area contributed by atoms with Crippen molar-refractivity contribution in [2.24, 2.45) is 5.92 Å². The number of carbonyl (C=O) groups excluding carboxylic acids is 2. The molecule has 0 saturated heterocycles. The van der Waals surface area contributed by atoms with Crippen molar-refractivity contribution in [1.29, 1.82) is 0 Å². The smallest absolute Gasteiger partial charge is 0.244 e. The number of benzene rings is 3. The van der Waals surface area contributed by atoms with Crippen LogP contribution in [0, 0.1) is 12.8 Å². The van der Waals surface area contributed by atoms with Crippen LogP contribution in [0.25, 0.3) is 0 Å². The van der Waals surface area contributed by atoms with E-state index in [2.05, 4.69) is 21.2 Å². The van der Waals surface area contributed by atoms with Crippen molar-refractivity contribution in [3.8, 4) is 5.75 Å². The Morgan fingerprint density at radius 1 is 0.976 bits per heavy atom. The summed E-state index contributed by atoms with van der Waals surface area (Å²) in [5.74, 6) is -0.278. The van der Waals surface area contributed by atoms with E-state index in [0.29, 0.717) is 12.3 Å². The average molecular weight is 645 g/mol. The molecule has 0 aromatic heterocycles. The third kappa shape index (κ3) is 9.33. The molecule has 3 rings (SSSR count). The maximum atomic E-state index is 14.2. The van der Waals surface area contributed by atoms with Crippen molar-refractivity contribution < 1.29 is 22.7 Å². The quantitative estimate of drug-likeness (QED) is 0.285. The molecule has 0 heterocycles. The lowest BCUT2D eigenvalue weighted by Crippen LogP contribution is -2.53. The van der Waals surface area contributed by atoms with Gasteiger partial charge in [-0.1, -0.05) is 78.3 Å². The molecule has 41 heavy (non-hydrogen) atoms. The summed E-state index contributed by atoms with van der Waals surface area (Å²) in [5, 5.41) is 2.98. The Morgan fingerprint density at radius 3 is 2.22 bits per heavy atom. The van der Waals surface area contributed by atoms with Gasteiger partial charge >= 0.3 is 0 Å². The zero-order chi connectivity index (χ0) is 30.2. The lowest BCUT2D eigenvalue weighted by atomic mass is 10.0. The van der Waals surface area contributed by atoms with E-state index in [-0.39, 0.29) is 30.5 Å². The number of anilines is 1. The lowest BCUT2D eigenvalue weighted by Gasteiger charge is -2.34. The van der Waals surface area contributed by atoms with Gasteiger partial charge in [-0.15, -0.1) is 0 Å². The minimum Gasteiger partial charge on any atom is -0.495 e. The standard InChI is InChI=1S/C31H38BrN3O5S/c1-22(2)19-33-31(37)28(18-24-9-7-6-8-10-24)34(20-25-12-14-26(32)15-13-25)30(36)21-35(41(5,38)39)27-17-23(3)11-16-29(27)40-4/h6-17,22,28H,18-21H2,1-5H3,(H,33,37)/t28-/m1/s1. The number of ether oxygens (including phenoxy) is 1.